The molecule has 0 aromatic heterocycles. The summed E-state index contributed by atoms with van der Waals surface area (Å²) in [6, 6.07) is 3.07. The Kier molecular flexibility index (Phi) is 5.12. The van der Waals surface area contributed by atoms with Crippen molar-refractivity contribution in [2.75, 3.05) is 12.4 Å². The van der Waals surface area contributed by atoms with Crippen LogP contribution in [0.2, 0.25) is 0 Å². The molecule has 114 valence electrons. The lowest BCUT2D eigenvalue weighted by molar-refractivity contribution is -0.385. The number of rotatable bonds is 5. The molecule has 0 saturated carbocycles. The maximum Gasteiger partial charge on any atom is 0.273 e. The van der Waals surface area contributed by atoms with Crippen LogP contribution in [0.3, 0.4) is 0 Å². The zero-order valence-corrected chi connectivity index (χ0v) is 12.2. The van der Waals surface area contributed by atoms with Crippen molar-refractivity contribution in [3.63, 3.8) is 0 Å². The average molecular weight is 315 g/mol. The predicted molar refractivity (Wildman–Crippen MR) is 77.1 cm³/mol. The van der Waals surface area contributed by atoms with Gasteiger partial charge in [0.15, 0.2) is 0 Å². The fraction of sp³-hybridized carbons (Fsp3) is 0.500. The Bertz CT molecular complexity index is 553. The summed E-state index contributed by atoms with van der Waals surface area (Å²) in [7, 11) is 0. The first-order valence-electron chi connectivity index (χ1n) is 6.85. The minimum atomic E-state index is -0.774. The van der Waals surface area contributed by atoms with Crippen LogP contribution in [0.1, 0.15) is 36.0 Å². The number of hydrogen-bond acceptors (Lipinski definition) is 3. The zero-order chi connectivity index (χ0) is 15.4. The van der Waals surface area contributed by atoms with E-state index in [0.717, 1.165) is 43.9 Å². The maximum atomic E-state index is 13.4. The van der Waals surface area contributed by atoms with Gasteiger partial charge in [-0.25, -0.2) is 4.39 Å². The second-order valence-corrected chi connectivity index (χ2v) is 5.46. The molecule has 0 radical (unpaired) electrons. The number of benzene rings is 1. The number of nitrogens with zero attached hydrogens (tertiary/aromatic N) is 2. The van der Waals surface area contributed by atoms with Crippen LogP contribution in [0.15, 0.2) is 18.2 Å². The third-order valence-electron chi connectivity index (χ3n) is 3.65. The molecule has 1 aromatic carbocycles. The van der Waals surface area contributed by atoms with E-state index in [1.165, 1.54) is 0 Å². The van der Waals surface area contributed by atoms with Gasteiger partial charge in [-0.05, 0) is 31.7 Å². The number of amides is 1. The van der Waals surface area contributed by atoms with Gasteiger partial charge in [-0.2, -0.15) is 0 Å². The number of hydrogen-bond donors (Lipinski definition) is 0. The molecular formula is C14H16ClFN2O3. The highest BCUT2D eigenvalue weighted by Crippen LogP contribution is 2.25. The van der Waals surface area contributed by atoms with Crippen LogP contribution in [0, 0.1) is 15.9 Å². The van der Waals surface area contributed by atoms with Crippen molar-refractivity contribution in [1.29, 1.82) is 0 Å². The van der Waals surface area contributed by atoms with E-state index < -0.39 is 16.4 Å². The van der Waals surface area contributed by atoms with Crippen LogP contribution in [0.4, 0.5) is 10.1 Å². The van der Waals surface area contributed by atoms with E-state index in [1.807, 2.05) is 0 Å². The summed E-state index contributed by atoms with van der Waals surface area (Å²) in [5.74, 6) is -0.594. The van der Waals surface area contributed by atoms with Crippen LogP contribution in [-0.4, -0.2) is 34.2 Å². The van der Waals surface area contributed by atoms with Gasteiger partial charge in [0.25, 0.3) is 11.6 Å². The van der Waals surface area contributed by atoms with Crippen molar-refractivity contribution in [1.82, 2.24) is 4.90 Å². The number of halogens is 2. The Hall–Kier alpha value is -1.69. The van der Waals surface area contributed by atoms with Gasteiger partial charge in [-0.1, -0.05) is 0 Å². The largest absolute Gasteiger partial charge is 0.336 e. The van der Waals surface area contributed by atoms with Crippen molar-refractivity contribution in [2.24, 2.45) is 0 Å². The SMILES string of the molecule is O=C(c1cc(F)cc([N+](=O)[O-])c1)N1CCCC1CCCCl. The first-order chi connectivity index (χ1) is 10.0. The number of carbonyl (C=O) groups excluding carboxylic acids is 1. The van der Waals surface area contributed by atoms with Crippen molar-refractivity contribution in [2.45, 2.75) is 31.7 Å². The summed E-state index contributed by atoms with van der Waals surface area (Å²) in [5, 5.41) is 10.8. The summed E-state index contributed by atoms with van der Waals surface area (Å²) in [6.45, 7) is 0.593. The van der Waals surface area contributed by atoms with Gasteiger partial charge in [-0.3, -0.25) is 14.9 Å². The van der Waals surface area contributed by atoms with Crippen LogP contribution in [0.5, 0.6) is 0 Å². The molecule has 0 spiro atoms. The van der Waals surface area contributed by atoms with E-state index >= 15 is 0 Å². The van der Waals surface area contributed by atoms with Gasteiger partial charge >= 0.3 is 0 Å². The number of nitro groups is 1. The molecule has 1 amide bonds. The van der Waals surface area contributed by atoms with Gasteiger partial charge in [0, 0.05) is 30.1 Å². The molecule has 7 heteroatoms. The van der Waals surface area contributed by atoms with E-state index in [-0.39, 0.29) is 17.5 Å². The van der Waals surface area contributed by atoms with Crippen molar-refractivity contribution in [3.8, 4) is 0 Å². The number of non-ortho nitro benzene ring substituents is 1. The summed E-state index contributed by atoms with van der Waals surface area (Å²) < 4.78 is 13.4. The van der Waals surface area contributed by atoms with E-state index in [2.05, 4.69) is 0 Å². The molecule has 1 aromatic rings. The maximum absolute atomic E-state index is 13.4. The quantitative estimate of drug-likeness (QED) is 0.475. The van der Waals surface area contributed by atoms with Gasteiger partial charge < -0.3 is 4.90 Å². The predicted octanol–water partition coefficient (Wildman–Crippen LogP) is 3.36. The van der Waals surface area contributed by atoms with Crippen molar-refractivity contribution in [3.05, 3.63) is 39.7 Å². The van der Waals surface area contributed by atoms with Crippen molar-refractivity contribution < 1.29 is 14.1 Å². The number of carbonyl (C=O) groups is 1. The minimum absolute atomic E-state index is 0.0273. The lowest BCUT2D eigenvalue weighted by Crippen LogP contribution is -2.35. The summed E-state index contributed by atoms with van der Waals surface area (Å²) in [6.07, 6.45) is 3.38. The molecule has 1 aliphatic heterocycles. The van der Waals surface area contributed by atoms with E-state index in [9.17, 15) is 19.3 Å². The molecule has 1 unspecified atom stereocenters. The standard InChI is InChI=1S/C14H16ClFN2O3/c15-5-1-3-12-4-2-6-17(12)14(19)10-7-11(16)9-13(8-10)18(20)21/h7-9,12H,1-6H2. The minimum Gasteiger partial charge on any atom is -0.336 e. The van der Waals surface area contributed by atoms with Crippen LogP contribution < -0.4 is 0 Å². The highest BCUT2D eigenvalue weighted by atomic mass is 35.5. The Morgan fingerprint density at radius 3 is 2.90 bits per heavy atom. The molecule has 1 aliphatic rings. The molecule has 21 heavy (non-hydrogen) atoms. The van der Waals surface area contributed by atoms with Crippen molar-refractivity contribution >= 4 is 23.2 Å². The smallest absolute Gasteiger partial charge is 0.273 e. The van der Waals surface area contributed by atoms with E-state index in [4.69, 9.17) is 11.6 Å². The first kappa shape index (κ1) is 15.7. The highest BCUT2D eigenvalue weighted by Gasteiger charge is 2.29. The molecule has 1 heterocycles. The average Bonchev–Trinajstić information content (AvgIpc) is 2.91. The molecule has 2 rings (SSSR count). The zero-order valence-electron chi connectivity index (χ0n) is 11.4. The van der Waals surface area contributed by atoms with Gasteiger partial charge in [-0.15, -0.1) is 11.6 Å². The molecule has 5 nitrogen and oxygen atoms in total. The monoisotopic (exact) mass is 314 g/mol. The van der Waals surface area contributed by atoms with Gasteiger partial charge in [0.05, 0.1) is 11.0 Å². The second-order valence-electron chi connectivity index (χ2n) is 5.08. The van der Waals surface area contributed by atoms with Crippen LogP contribution >= 0.6 is 11.6 Å². The number of alkyl halides is 1. The first-order valence-corrected chi connectivity index (χ1v) is 7.38. The van der Waals surface area contributed by atoms with Gasteiger partial charge in [0.1, 0.15) is 5.82 Å². The Morgan fingerprint density at radius 2 is 2.24 bits per heavy atom. The van der Waals surface area contributed by atoms with E-state index in [1.54, 1.807) is 4.90 Å². The lowest BCUT2D eigenvalue weighted by Gasteiger charge is -2.24. The Labute approximate surface area is 126 Å². The summed E-state index contributed by atoms with van der Waals surface area (Å²) >= 11 is 5.67. The molecule has 1 saturated heterocycles. The third kappa shape index (κ3) is 3.69. The van der Waals surface area contributed by atoms with E-state index in [0.29, 0.717) is 12.4 Å². The van der Waals surface area contributed by atoms with Crippen LogP contribution in [-0.2, 0) is 0 Å². The fourth-order valence-corrected chi connectivity index (χ4v) is 2.84. The fourth-order valence-electron chi connectivity index (χ4n) is 2.68. The number of nitro benzene ring substituents is 1. The van der Waals surface area contributed by atoms with Crippen LogP contribution in [0.25, 0.3) is 0 Å². The lowest BCUT2D eigenvalue weighted by atomic mass is 10.1. The summed E-state index contributed by atoms with van der Waals surface area (Å²) in [5.41, 5.74) is -0.380. The Morgan fingerprint density at radius 1 is 1.48 bits per heavy atom. The third-order valence-corrected chi connectivity index (χ3v) is 3.92. The number of likely N-dealkylation sites (tertiary alicyclic amines) is 1. The topological polar surface area (TPSA) is 63.4 Å². The molecule has 1 fully saturated rings. The molecule has 0 aliphatic carbocycles. The summed E-state index contributed by atoms with van der Waals surface area (Å²) in [4.78, 5) is 24.2. The molecule has 0 N–H and O–H groups in total. The highest BCUT2D eigenvalue weighted by molar-refractivity contribution is 6.17. The molecule has 1 atom stereocenters. The second kappa shape index (κ2) is 6.85. The van der Waals surface area contributed by atoms with Gasteiger partial charge in [0.2, 0.25) is 0 Å². The Balaban J connectivity index is 2.21. The normalized spacial score (nSPS) is 18.0. The molecule has 0 bridgehead atoms. The molecular weight excluding hydrogens is 299 g/mol.